The molecule has 0 N–H and O–H groups in total. The molecule has 0 bridgehead atoms. The first-order chi connectivity index (χ1) is 14.5. The highest BCUT2D eigenvalue weighted by Gasteiger charge is 2.15. The lowest BCUT2D eigenvalue weighted by atomic mass is 10.1. The average molecular weight is 404 g/mol. The minimum atomic E-state index is -0.525. The van der Waals surface area contributed by atoms with Crippen molar-refractivity contribution in [2.45, 2.75) is 26.4 Å². The summed E-state index contributed by atoms with van der Waals surface area (Å²) in [6.45, 7) is 4.02. The molecule has 0 aromatic heterocycles. The third-order valence-electron chi connectivity index (χ3n) is 4.24. The number of esters is 2. The molecule has 0 saturated carbocycles. The van der Waals surface area contributed by atoms with Gasteiger partial charge in [-0.1, -0.05) is 42.5 Å². The maximum atomic E-state index is 12.6. The molecule has 0 heterocycles. The van der Waals surface area contributed by atoms with Crippen LogP contribution in [0.4, 0.5) is 0 Å². The van der Waals surface area contributed by atoms with Gasteiger partial charge in [-0.25, -0.2) is 9.59 Å². The van der Waals surface area contributed by atoms with Gasteiger partial charge in [0.25, 0.3) is 0 Å². The van der Waals surface area contributed by atoms with Crippen LogP contribution in [0.3, 0.4) is 0 Å². The molecule has 0 fully saturated rings. The van der Waals surface area contributed by atoms with Gasteiger partial charge in [-0.05, 0) is 55.8 Å². The fourth-order valence-electron chi connectivity index (χ4n) is 2.79. The highest BCUT2D eigenvalue weighted by Crippen LogP contribution is 2.22. The second kappa shape index (κ2) is 10.3. The Morgan fingerprint density at radius 3 is 2.17 bits per heavy atom. The van der Waals surface area contributed by atoms with Crippen LogP contribution >= 0.6 is 0 Å². The predicted octanol–water partition coefficient (Wildman–Crippen LogP) is 5.09. The minimum absolute atomic E-state index is 0.201. The van der Waals surface area contributed by atoms with Crippen LogP contribution in [0, 0.1) is 0 Å². The zero-order valence-corrected chi connectivity index (χ0v) is 17.0. The number of rotatable bonds is 8. The largest absolute Gasteiger partial charge is 0.492 e. The Labute approximate surface area is 176 Å². The molecule has 5 heteroatoms. The van der Waals surface area contributed by atoms with Crippen LogP contribution in [0.15, 0.2) is 78.9 Å². The van der Waals surface area contributed by atoms with E-state index in [1.54, 1.807) is 56.3 Å². The molecule has 0 amide bonds. The van der Waals surface area contributed by atoms with Gasteiger partial charge in [-0.15, -0.1) is 0 Å². The third-order valence-corrected chi connectivity index (χ3v) is 4.24. The zero-order chi connectivity index (χ0) is 21.3. The average Bonchev–Trinajstić information content (AvgIpc) is 2.75. The number of carbonyl (C=O) groups is 2. The van der Waals surface area contributed by atoms with Gasteiger partial charge in [0.05, 0.1) is 18.3 Å². The van der Waals surface area contributed by atoms with E-state index in [1.165, 1.54) is 0 Å². The van der Waals surface area contributed by atoms with E-state index in [4.69, 9.17) is 14.2 Å². The van der Waals surface area contributed by atoms with Crippen molar-refractivity contribution in [2.75, 3.05) is 6.61 Å². The van der Waals surface area contributed by atoms with Crippen LogP contribution in [0.25, 0.3) is 0 Å². The summed E-state index contributed by atoms with van der Waals surface area (Å²) in [7, 11) is 0. The van der Waals surface area contributed by atoms with Crippen molar-refractivity contribution in [1.29, 1.82) is 0 Å². The van der Waals surface area contributed by atoms with E-state index >= 15 is 0 Å². The van der Waals surface area contributed by atoms with Crippen molar-refractivity contribution in [3.8, 4) is 11.5 Å². The molecule has 154 valence electrons. The highest BCUT2D eigenvalue weighted by molar-refractivity contribution is 5.94. The minimum Gasteiger partial charge on any atom is -0.492 e. The fourth-order valence-corrected chi connectivity index (χ4v) is 2.79. The van der Waals surface area contributed by atoms with E-state index in [1.807, 2.05) is 36.4 Å². The summed E-state index contributed by atoms with van der Waals surface area (Å²) in [5.41, 5.74) is 1.90. The molecular weight excluding hydrogens is 380 g/mol. The quantitative estimate of drug-likeness (QED) is 0.386. The van der Waals surface area contributed by atoms with Crippen molar-refractivity contribution in [1.82, 2.24) is 0 Å². The van der Waals surface area contributed by atoms with Gasteiger partial charge in [0.1, 0.15) is 17.1 Å². The number of ether oxygens (including phenoxy) is 3. The van der Waals surface area contributed by atoms with E-state index in [9.17, 15) is 9.59 Å². The van der Waals surface area contributed by atoms with Crippen molar-refractivity contribution in [2.24, 2.45) is 0 Å². The van der Waals surface area contributed by atoms with Crippen molar-refractivity contribution < 1.29 is 23.8 Å². The summed E-state index contributed by atoms with van der Waals surface area (Å²) in [5.74, 6) is -0.140. The molecule has 0 unspecified atom stereocenters. The van der Waals surface area contributed by atoms with E-state index < -0.39 is 11.9 Å². The lowest BCUT2D eigenvalue weighted by Gasteiger charge is -2.12. The molecule has 3 aromatic carbocycles. The van der Waals surface area contributed by atoms with Crippen molar-refractivity contribution in [3.05, 3.63) is 95.6 Å². The van der Waals surface area contributed by atoms with Crippen LogP contribution in [-0.4, -0.2) is 24.6 Å². The van der Waals surface area contributed by atoms with E-state index in [0.29, 0.717) is 29.2 Å². The maximum Gasteiger partial charge on any atom is 0.347 e. The van der Waals surface area contributed by atoms with Gasteiger partial charge >= 0.3 is 11.9 Å². The Morgan fingerprint density at radius 2 is 1.47 bits per heavy atom. The Balaban J connectivity index is 1.62. The molecule has 0 aliphatic heterocycles. The molecule has 0 aliphatic rings. The van der Waals surface area contributed by atoms with Gasteiger partial charge in [0.2, 0.25) is 0 Å². The molecule has 30 heavy (non-hydrogen) atoms. The molecular formula is C25H24O5. The van der Waals surface area contributed by atoms with Crippen molar-refractivity contribution in [3.63, 3.8) is 0 Å². The van der Waals surface area contributed by atoms with E-state index in [-0.39, 0.29) is 6.10 Å². The van der Waals surface area contributed by atoms with Gasteiger partial charge in [0, 0.05) is 6.42 Å². The zero-order valence-electron chi connectivity index (χ0n) is 17.0. The summed E-state index contributed by atoms with van der Waals surface area (Å²) in [5, 5.41) is 0. The van der Waals surface area contributed by atoms with E-state index in [2.05, 4.69) is 0 Å². The Hall–Kier alpha value is -3.60. The number of carbonyl (C=O) groups excluding carboxylic acids is 2. The molecule has 5 nitrogen and oxygen atoms in total. The lowest BCUT2D eigenvalue weighted by molar-refractivity contribution is 0.0378. The van der Waals surface area contributed by atoms with Crippen LogP contribution in [0.1, 0.15) is 40.1 Å². The number of hydrogen-bond donors (Lipinski definition) is 0. The monoisotopic (exact) mass is 404 g/mol. The fraction of sp³-hybridized carbons (Fsp3) is 0.200. The first-order valence-electron chi connectivity index (χ1n) is 9.82. The van der Waals surface area contributed by atoms with Crippen LogP contribution in [-0.2, 0) is 11.2 Å². The summed E-state index contributed by atoms with van der Waals surface area (Å²) >= 11 is 0. The Morgan fingerprint density at radius 1 is 0.800 bits per heavy atom. The molecule has 0 spiro atoms. The van der Waals surface area contributed by atoms with Gasteiger partial charge < -0.3 is 14.2 Å². The molecule has 0 radical (unpaired) electrons. The first kappa shape index (κ1) is 21.1. The smallest absolute Gasteiger partial charge is 0.347 e. The lowest BCUT2D eigenvalue weighted by Crippen LogP contribution is -2.13. The molecule has 3 aromatic rings. The summed E-state index contributed by atoms with van der Waals surface area (Å²) < 4.78 is 16.4. The maximum absolute atomic E-state index is 12.6. The van der Waals surface area contributed by atoms with Crippen LogP contribution in [0.2, 0.25) is 0 Å². The van der Waals surface area contributed by atoms with Gasteiger partial charge in [0.15, 0.2) is 0 Å². The SMILES string of the molecule is CC(C)OC(=O)c1ccc(OC(=O)c2ccccc2OCCc2ccccc2)cc1. The van der Waals surface area contributed by atoms with Crippen LogP contribution in [0.5, 0.6) is 11.5 Å². The van der Waals surface area contributed by atoms with E-state index in [0.717, 1.165) is 12.0 Å². The third kappa shape index (κ3) is 5.95. The number of benzene rings is 3. The number of para-hydroxylation sites is 1. The summed E-state index contributed by atoms with van der Waals surface area (Å²) in [6, 6.07) is 23.2. The molecule has 3 rings (SSSR count). The van der Waals surface area contributed by atoms with Gasteiger partial charge in [-0.3, -0.25) is 0 Å². The second-order valence-electron chi connectivity index (χ2n) is 6.95. The second-order valence-corrected chi connectivity index (χ2v) is 6.95. The highest BCUT2D eigenvalue weighted by atomic mass is 16.5. The van der Waals surface area contributed by atoms with Crippen molar-refractivity contribution >= 4 is 11.9 Å². The van der Waals surface area contributed by atoms with Gasteiger partial charge in [-0.2, -0.15) is 0 Å². The molecule has 0 atom stereocenters. The summed E-state index contributed by atoms with van der Waals surface area (Å²) in [4.78, 5) is 24.5. The topological polar surface area (TPSA) is 61.8 Å². The predicted molar refractivity (Wildman–Crippen MR) is 114 cm³/mol. The normalized spacial score (nSPS) is 10.5. The standard InChI is InChI=1S/C25H24O5/c1-18(2)29-24(26)20-12-14-21(15-13-20)30-25(27)22-10-6-7-11-23(22)28-17-16-19-8-4-3-5-9-19/h3-15,18H,16-17H2,1-2H3. The van der Waals surface area contributed by atoms with Crippen LogP contribution < -0.4 is 9.47 Å². The Bertz CT molecular complexity index is 978. The molecule has 0 saturated heterocycles. The molecule has 0 aliphatic carbocycles. The number of hydrogen-bond acceptors (Lipinski definition) is 5. The Kier molecular flexibility index (Phi) is 7.22. The first-order valence-corrected chi connectivity index (χ1v) is 9.82. The summed E-state index contributed by atoms with van der Waals surface area (Å²) in [6.07, 6.45) is 0.534.